The van der Waals surface area contributed by atoms with Crippen molar-refractivity contribution in [3.05, 3.63) is 0 Å². The normalized spacial score (nSPS) is 18.5. The predicted molar refractivity (Wildman–Crippen MR) is 60.7 cm³/mol. The van der Waals surface area contributed by atoms with E-state index in [9.17, 15) is 9.59 Å². The smallest absolute Gasteiger partial charge is 0.143 e. The van der Waals surface area contributed by atoms with Crippen LogP contribution in [0, 0.1) is 5.92 Å². The Morgan fingerprint density at radius 1 is 1.00 bits per heavy atom. The first-order chi connectivity index (χ1) is 7.25. The van der Waals surface area contributed by atoms with Crippen molar-refractivity contribution < 1.29 is 9.59 Å². The van der Waals surface area contributed by atoms with E-state index in [0.29, 0.717) is 12.8 Å². The molecule has 15 heavy (non-hydrogen) atoms. The number of unbranched alkanes of at least 4 members (excludes halogenated alkanes) is 4. The lowest BCUT2D eigenvalue weighted by atomic mass is 9.83. The van der Waals surface area contributed by atoms with Crippen molar-refractivity contribution in [1.82, 2.24) is 0 Å². The van der Waals surface area contributed by atoms with Crippen molar-refractivity contribution in [2.24, 2.45) is 5.92 Å². The van der Waals surface area contributed by atoms with Gasteiger partial charge in [0.05, 0.1) is 5.92 Å². The zero-order valence-electron chi connectivity index (χ0n) is 9.76. The minimum absolute atomic E-state index is 0.196. The van der Waals surface area contributed by atoms with Crippen LogP contribution in [0.5, 0.6) is 0 Å². The average molecular weight is 210 g/mol. The van der Waals surface area contributed by atoms with Crippen LogP contribution in [0.2, 0.25) is 0 Å². The van der Waals surface area contributed by atoms with Gasteiger partial charge in [-0.3, -0.25) is 9.59 Å². The summed E-state index contributed by atoms with van der Waals surface area (Å²) in [4.78, 5) is 23.0. The molecule has 1 rings (SSSR count). The molecule has 0 atom stereocenters. The fraction of sp³-hybridized carbons (Fsp3) is 0.846. The topological polar surface area (TPSA) is 34.1 Å². The van der Waals surface area contributed by atoms with Gasteiger partial charge in [0, 0.05) is 12.8 Å². The minimum atomic E-state index is -0.236. The monoisotopic (exact) mass is 210 g/mol. The third-order valence-electron chi connectivity index (χ3n) is 3.22. The minimum Gasteiger partial charge on any atom is -0.299 e. The number of hydrogen-bond acceptors (Lipinski definition) is 2. The Labute approximate surface area is 92.4 Å². The van der Waals surface area contributed by atoms with Crippen LogP contribution in [-0.2, 0) is 9.59 Å². The summed E-state index contributed by atoms with van der Waals surface area (Å²) >= 11 is 0. The highest BCUT2D eigenvalue weighted by molar-refractivity contribution is 6.04. The highest BCUT2D eigenvalue weighted by Crippen LogP contribution is 2.22. The fourth-order valence-electron chi connectivity index (χ4n) is 2.24. The maximum absolute atomic E-state index is 11.5. The van der Waals surface area contributed by atoms with Crippen LogP contribution in [0.25, 0.3) is 0 Å². The zero-order chi connectivity index (χ0) is 11.1. The Kier molecular flexibility index (Phi) is 5.59. The second-order valence-electron chi connectivity index (χ2n) is 4.54. The number of ketones is 2. The van der Waals surface area contributed by atoms with Crippen molar-refractivity contribution >= 4 is 11.6 Å². The molecular weight excluding hydrogens is 188 g/mol. The number of rotatable bonds is 6. The van der Waals surface area contributed by atoms with Gasteiger partial charge in [0.15, 0.2) is 0 Å². The molecule has 1 aliphatic rings. The van der Waals surface area contributed by atoms with Gasteiger partial charge in [-0.15, -0.1) is 0 Å². The van der Waals surface area contributed by atoms with Gasteiger partial charge in [-0.05, 0) is 12.8 Å². The lowest BCUT2D eigenvalue weighted by molar-refractivity contribution is -0.135. The van der Waals surface area contributed by atoms with Crippen molar-refractivity contribution in [2.75, 3.05) is 0 Å². The van der Waals surface area contributed by atoms with E-state index < -0.39 is 0 Å². The SMILES string of the molecule is CCCCCCCC1C(=O)CCCC1=O. The van der Waals surface area contributed by atoms with E-state index in [0.717, 1.165) is 19.3 Å². The van der Waals surface area contributed by atoms with Gasteiger partial charge in [-0.2, -0.15) is 0 Å². The van der Waals surface area contributed by atoms with Gasteiger partial charge < -0.3 is 0 Å². The van der Waals surface area contributed by atoms with Crippen LogP contribution in [0.1, 0.15) is 64.7 Å². The molecule has 1 fully saturated rings. The molecule has 2 nitrogen and oxygen atoms in total. The first kappa shape index (κ1) is 12.4. The van der Waals surface area contributed by atoms with E-state index >= 15 is 0 Å². The number of carbonyl (C=O) groups is 2. The molecule has 0 N–H and O–H groups in total. The molecule has 0 aliphatic heterocycles. The van der Waals surface area contributed by atoms with E-state index in [1.807, 2.05) is 0 Å². The predicted octanol–water partition coefficient (Wildman–Crippen LogP) is 3.29. The maximum atomic E-state index is 11.5. The number of Topliss-reactive ketones (excluding diaryl/α,β-unsaturated/α-hetero) is 2. The standard InChI is InChI=1S/C13H22O2/c1-2-3-4-5-6-8-11-12(14)9-7-10-13(11)15/h11H,2-10H2,1H3. The highest BCUT2D eigenvalue weighted by Gasteiger charge is 2.28. The van der Waals surface area contributed by atoms with Crippen molar-refractivity contribution in [1.29, 1.82) is 0 Å². The van der Waals surface area contributed by atoms with Crippen molar-refractivity contribution in [3.63, 3.8) is 0 Å². The molecule has 0 radical (unpaired) electrons. The third-order valence-corrected chi connectivity index (χ3v) is 3.22. The maximum Gasteiger partial charge on any atom is 0.143 e. The molecule has 0 heterocycles. The summed E-state index contributed by atoms with van der Waals surface area (Å²) in [6.45, 7) is 2.19. The summed E-state index contributed by atoms with van der Waals surface area (Å²) in [5.41, 5.74) is 0. The lowest BCUT2D eigenvalue weighted by Crippen LogP contribution is -2.28. The van der Waals surface area contributed by atoms with E-state index in [2.05, 4.69) is 6.92 Å². The second-order valence-corrected chi connectivity index (χ2v) is 4.54. The van der Waals surface area contributed by atoms with Gasteiger partial charge in [-0.25, -0.2) is 0 Å². The number of hydrogen-bond donors (Lipinski definition) is 0. The van der Waals surface area contributed by atoms with Crippen molar-refractivity contribution in [3.8, 4) is 0 Å². The molecule has 0 aromatic heterocycles. The molecule has 0 amide bonds. The molecule has 0 aromatic rings. The summed E-state index contributed by atoms with van der Waals surface area (Å²) < 4.78 is 0. The molecule has 86 valence electrons. The van der Waals surface area contributed by atoms with Crippen LogP contribution in [-0.4, -0.2) is 11.6 Å². The molecular formula is C13H22O2. The summed E-state index contributed by atoms with van der Waals surface area (Å²) in [7, 11) is 0. The Hall–Kier alpha value is -0.660. The first-order valence-corrected chi connectivity index (χ1v) is 6.31. The van der Waals surface area contributed by atoms with Crippen LogP contribution in [0.15, 0.2) is 0 Å². The average Bonchev–Trinajstić information content (AvgIpc) is 2.21. The first-order valence-electron chi connectivity index (χ1n) is 6.31. The van der Waals surface area contributed by atoms with Gasteiger partial charge in [-0.1, -0.05) is 39.0 Å². The molecule has 0 spiro atoms. The van der Waals surface area contributed by atoms with E-state index in [1.54, 1.807) is 0 Å². The van der Waals surface area contributed by atoms with E-state index in [4.69, 9.17) is 0 Å². The van der Waals surface area contributed by atoms with Crippen LogP contribution in [0.4, 0.5) is 0 Å². The van der Waals surface area contributed by atoms with E-state index in [1.165, 1.54) is 25.7 Å². The van der Waals surface area contributed by atoms with Crippen LogP contribution >= 0.6 is 0 Å². The van der Waals surface area contributed by atoms with Gasteiger partial charge in [0.25, 0.3) is 0 Å². The largest absolute Gasteiger partial charge is 0.299 e. The molecule has 1 saturated carbocycles. The molecule has 0 bridgehead atoms. The summed E-state index contributed by atoms with van der Waals surface area (Å²) in [5, 5.41) is 0. The quantitative estimate of drug-likeness (QED) is 0.498. The Bertz CT molecular complexity index is 205. The van der Waals surface area contributed by atoms with E-state index in [-0.39, 0.29) is 17.5 Å². The Balaban J connectivity index is 2.18. The Morgan fingerprint density at radius 2 is 1.60 bits per heavy atom. The highest BCUT2D eigenvalue weighted by atomic mass is 16.2. The molecule has 0 unspecified atom stereocenters. The second kappa shape index (κ2) is 6.76. The Morgan fingerprint density at radius 3 is 2.20 bits per heavy atom. The molecule has 1 aliphatic carbocycles. The van der Waals surface area contributed by atoms with Crippen LogP contribution in [0.3, 0.4) is 0 Å². The zero-order valence-corrected chi connectivity index (χ0v) is 9.76. The van der Waals surface area contributed by atoms with Crippen molar-refractivity contribution in [2.45, 2.75) is 64.7 Å². The van der Waals surface area contributed by atoms with Gasteiger partial charge >= 0.3 is 0 Å². The molecule has 0 saturated heterocycles. The van der Waals surface area contributed by atoms with Gasteiger partial charge in [0.2, 0.25) is 0 Å². The summed E-state index contributed by atoms with van der Waals surface area (Å²) in [5.74, 6) is 0.156. The number of carbonyl (C=O) groups excluding carboxylic acids is 2. The lowest BCUT2D eigenvalue weighted by Gasteiger charge is -2.18. The summed E-state index contributed by atoms with van der Waals surface area (Å²) in [6, 6.07) is 0. The van der Waals surface area contributed by atoms with Crippen LogP contribution < -0.4 is 0 Å². The summed E-state index contributed by atoms with van der Waals surface area (Å²) in [6.07, 6.45) is 8.81. The fourth-order valence-corrected chi connectivity index (χ4v) is 2.24. The third kappa shape index (κ3) is 4.15. The van der Waals surface area contributed by atoms with Gasteiger partial charge in [0.1, 0.15) is 11.6 Å². The molecule has 0 aromatic carbocycles. The molecule has 2 heteroatoms.